The number of aliphatic hydroxyl groups is 1. The van der Waals surface area contributed by atoms with Crippen LogP contribution in [0.15, 0.2) is 0 Å². The SMILES string of the molecule is CCCCC(C)CC(C)CCCCO. The van der Waals surface area contributed by atoms with Gasteiger partial charge in [-0.25, -0.2) is 0 Å². The Morgan fingerprint density at radius 1 is 0.929 bits per heavy atom. The molecule has 0 spiro atoms. The van der Waals surface area contributed by atoms with E-state index in [2.05, 4.69) is 20.8 Å². The minimum Gasteiger partial charge on any atom is -0.396 e. The van der Waals surface area contributed by atoms with Crippen molar-refractivity contribution in [1.82, 2.24) is 0 Å². The Labute approximate surface area is 89.9 Å². The van der Waals surface area contributed by atoms with Gasteiger partial charge in [-0.1, -0.05) is 52.9 Å². The summed E-state index contributed by atoms with van der Waals surface area (Å²) >= 11 is 0. The molecule has 2 atom stereocenters. The lowest BCUT2D eigenvalue weighted by Crippen LogP contribution is -2.03. The fourth-order valence-electron chi connectivity index (χ4n) is 2.08. The molecule has 1 heteroatoms. The molecule has 0 aromatic carbocycles. The van der Waals surface area contributed by atoms with Gasteiger partial charge in [0.25, 0.3) is 0 Å². The van der Waals surface area contributed by atoms with Crippen molar-refractivity contribution in [3.05, 3.63) is 0 Å². The van der Waals surface area contributed by atoms with Crippen molar-refractivity contribution in [2.75, 3.05) is 6.61 Å². The molecule has 0 fully saturated rings. The first kappa shape index (κ1) is 14.0. The van der Waals surface area contributed by atoms with E-state index in [0.29, 0.717) is 6.61 Å². The van der Waals surface area contributed by atoms with Crippen LogP contribution in [0.5, 0.6) is 0 Å². The predicted molar refractivity (Wildman–Crippen MR) is 63.4 cm³/mol. The van der Waals surface area contributed by atoms with Gasteiger partial charge in [0.1, 0.15) is 0 Å². The highest BCUT2D eigenvalue weighted by Crippen LogP contribution is 2.21. The molecule has 14 heavy (non-hydrogen) atoms. The molecule has 0 aliphatic carbocycles. The van der Waals surface area contributed by atoms with E-state index in [-0.39, 0.29) is 0 Å². The van der Waals surface area contributed by atoms with Crippen molar-refractivity contribution in [3.63, 3.8) is 0 Å². The van der Waals surface area contributed by atoms with Gasteiger partial charge >= 0.3 is 0 Å². The summed E-state index contributed by atoms with van der Waals surface area (Å²) in [7, 11) is 0. The molecular weight excluding hydrogens is 172 g/mol. The Morgan fingerprint density at radius 3 is 2.00 bits per heavy atom. The molecule has 0 heterocycles. The van der Waals surface area contributed by atoms with E-state index < -0.39 is 0 Å². The van der Waals surface area contributed by atoms with Crippen LogP contribution in [0.1, 0.15) is 65.7 Å². The third-order valence-electron chi connectivity index (χ3n) is 2.96. The van der Waals surface area contributed by atoms with Gasteiger partial charge in [-0.15, -0.1) is 0 Å². The summed E-state index contributed by atoms with van der Waals surface area (Å²) in [6.45, 7) is 7.34. The van der Waals surface area contributed by atoms with Crippen LogP contribution in [0.2, 0.25) is 0 Å². The Balaban J connectivity index is 3.35. The van der Waals surface area contributed by atoms with Crippen molar-refractivity contribution in [1.29, 1.82) is 0 Å². The molecule has 0 amide bonds. The van der Waals surface area contributed by atoms with E-state index in [0.717, 1.165) is 18.3 Å². The maximum atomic E-state index is 8.68. The van der Waals surface area contributed by atoms with Crippen LogP contribution >= 0.6 is 0 Å². The second-order valence-corrected chi connectivity index (χ2v) is 4.81. The predicted octanol–water partition coefficient (Wildman–Crippen LogP) is 4.00. The second kappa shape index (κ2) is 9.51. The number of unbranched alkanes of at least 4 members (excludes halogenated alkanes) is 2. The average molecular weight is 200 g/mol. The van der Waals surface area contributed by atoms with Crippen LogP contribution in [-0.2, 0) is 0 Å². The van der Waals surface area contributed by atoms with Gasteiger partial charge in [-0.05, 0) is 24.7 Å². The fraction of sp³-hybridized carbons (Fsp3) is 1.00. The van der Waals surface area contributed by atoms with Crippen molar-refractivity contribution in [2.24, 2.45) is 11.8 Å². The molecule has 0 saturated heterocycles. The van der Waals surface area contributed by atoms with Crippen LogP contribution in [0, 0.1) is 11.8 Å². The third kappa shape index (κ3) is 8.55. The summed E-state index contributed by atoms with van der Waals surface area (Å²) < 4.78 is 0. The first-order valence-corrected chi connectivity index (χ1v) is 6.31. The van der Waals surface area contributed by atoms with Gasteiger partial charge in [0, 0.05) is 6.61 Å². The molecule has 1 nitrogen and oxygen atoms in total. The summed E-state index contributed by atoms with van der Waals surface area (Å²) in [5, 5.41) is 8.68. The standard InChI is InChI=1S/C13H28O/c1-4-5-8-12(2)11-13(3)9-6-7-10-14/h12-14H,4-11H2,1-3H3. The van der Waals surface area contributed by atoms with Crippen LogP contribution in [0.25, 0.3) is 0 Å². The normalized spacial score (nSPS) is 15.4. The molecule has 2 unspecified atom stereocenters. The quantitative estimate of drug-likeness (QED) is 0.558. The van der Waals surface area contributed by atoms with E-state index in [9.17, 15) is 0 Å². The maximum Gasteiger partial charge on any atom is 0.0431 e. The average Bonchev–Trinajstić information content (AvgIpc) is 2.15. The van der Waals surface area contributed by atoms with E-state index in [1.54, 1.807) is 0 Å². The first-order valence-electron chi connectivity index (χ1n) is 6.31. The molecule has 1 N–H and O–H groups in total. The molecule has 0 aromatic heterocycles. The molecule has 86 valence electrons. The van der Waals surface area contributed by atoms with Crippen LogP contribution in [-0.4, -0.2) is 11.7 Å². The van der Waals surface area contributed by atoms with E-state index in [1.165, 1.54) is 38.5 Å². The zero-order valence-corrected chi connectivity index (χ0v) is 10.3. The highest BCUT2D eigenvalue weighted by atomic mass is 16.2. The molecule has 0 aliphatic heterocycles. The Morgan fingerprint density at radius 2 is 1.50 bits per heavy atom. The number of rotatable bonds is 9. The number of hydrogen-bond donors (Lipinski definition) is 1. The molecule has 0 rings (SSSR count). The van der Waals surface area contributed by atoms with Crippen LogP contribution < -0.4 is 0 Å². The lowest BCUT2D eigenvalue weighted by atomic mass is 9.90. The summed E-state index contributed by atoms with van der Waals surface area (Å²) in [5.74, 6) is 1.73. The Kier molecular flexibility index (Phi) is 9.49. The molecular formula is C13H28O. The van der Waals surface area contributed by atoms with Gasteiger partial charge in [0.2, 0.25) is 0 Å². The number of hydrogen-bond acceptors (Lipinski definition) is 1. The van der Waals surface area contributed by atoms with Gasteiger partial charge in [0.05, 0.1) is 0 Å². The van der Waals surface area contributed by atoms with Crippen molar-refractivity contribution in [2.45, 2.75) is 65.7 Å². The van der Waals surface area contributed by atoms with Gasteiger partial charge < -0.3 is 5.11 Å². The molecule has 0 bridgehead atoms. The van der Waals surface area contributed by atoms with Gasteiger partial charge in [-0.2, -0.15) is 0 Å². The van der Waals surface area contributed by atoms with E-state index in [1.807, 2.05) is 0 Å². The van der Waals surface area contributed by atoms with Crippen LogP contribution in [0.3, 0.4) is 0 Å². The highest BCUT2D eigenvalue weighted by molar-refractivity contribution is 4.60. The topological polar surface area (TPSA) is 20.2 Å². The highest BCUT2D eigenvalue weighted by Gasteiger charge is 2.07. The minimum absolute atomic E-state index is 0.359. The molecule has 0 aromatic rings. The van der Waals surface area contributed by atoms with Gasteiger partial charge in [0.15, 0.2) is 0 Å². The van der Waals surface area contributed by atoms with Crippen molar-refractivity contribution in [3.8, 4) is 0 Å². The third-order valence-corrected chi connectivity index (χ3v) is 2.96. The summed E-state index contributed by atoms with van der Waals surface area (Å²) in [5.41, 5.74) is 0. The molecule has 0 saturated carbocycles. The molecule has 0 radical (unpaired) electrons. The van der Waals surface area contributed by atoms with Crippen LogP contribution in [0.4, 0.5) is 0 Å². The molecule has 0 aliphatic rings. The summed E-state index contributed by atoms with van der Waals surface area (Å²) in [6.07, 6.45) is 8.92. The summed E-state index contributed by atoms with van der Waals surface area (Å²) in [4.78, 5) is 0. The maximum absolute atomic E-state index is 8.68. The lowest BCUT2D eigenvalue weighted by molar-refractivity contribution is 0.274. The van der Waals surface area contributed by atoms with E-state index in [4.69, 9.17) is 5.11 Å². The van der Waals surface area contributed by atoms with Gasteiger partial charge in [-0.3, -0.25) is 0 Å². The second-order valence-electron chi connectivity index (χ2n) is 4.81. The summed E-state index contributed by atoms with van der Waals surface area (Å²) in [6, 6.07) is 0. The zero-order chi connectivity index (χ0) is 10.8. The Hall–Kier alpha value is -0.0400. The largest absolute Gasteiger partial charge is 0.396 e. The minimum atomic E-state index is 0.359. The zero-order valence-electron chi connectivity index (χ0n) is 10.3. The smallest absolute Gasteiger partial charge is 0.0431 e. The first-order chi connectivity index (χ1) is 6.70. The van der Waals surface area contributed by atoms with E-state index >= 15 is 0 Å². The Bertz CT molecular complexity index is 112. The lowest BCUT2D eigenvalue weighted by Gasteiger charge is -2.16. The number of aliphatic hydroxyl groups excluding tert-OH is 1. The monoisotopic (exact) mass is 200 g/mol. The van der Waals surface area contributed by atoms with Crippen molar-refractivity contribution >= 4 is 0 Å². The van der Waals surface area contributed by atoms with Crippen molar-refractivity contribution < 1.29 is 5.11 Å². The fourth-order valence-corrected chi connectivity index (χ4v) is 2.08.